The van der Waals surface area contributed by atoms with Gasteiger partial charge < -0.3 is 5.32 Å². The quantitative estimate of drug-likeness (QED) is 0.886. The van der Waals surface area contributed by atoms with Gasteiger partial charge in [0.15, 0.2) is 0 Å². The van der Waals surface area contributed by atoms with Crippen molar-refractivity contribution < 1.29 is 0 Å². The number of aryl methyl sites for hydroxylation is 2. The molecule has 0 radical (unpaired) electrons. The number of aromatic nitrogens is 3. The highest BCUT2D eigenvalue weighted by atomic mass is 14.9. The highest BCUT2D eigenvalue weighted by Crippen LogP contribution is 2.21. The maximum Gasteiger partial charge on any atom is 0.133 e. The Morgan fingerprint density at radius 3 is 2.48 bits per heavy atom. The monoisotopic (exact) mass is 284 g/mol. The van der Waals surface area contributed by atoms with E-state index in [0.717, 1.165) is 42.3 Å². The zero-order chi connectivity index (χ0) is 15.2. The lowest BCUT2D eigenvalue weighted by molar-refractivity contribution is 0.622. The summed E-state index contributed by atoms with van der Waals surface area (Å²) in [6.07, 6.45) is 4.39. The first kappa shape index (κ1) is 15.6. The van der Waals surface area contributed by atoms with E-state index in [9.17, 15) is 0 Å². The van der Waals surface area contributed by atoms with Crippen LogP contribution in [0.4, 0.5) is 0 Å². The van der Waals surface area contributed by atoms with Gasteiger partial charge in [0.05, 0.1) is 0 Å². The SMILES string of the molecule is CCNCC(C)c1c(C)nc(Cc2cccnc2)nc1C. The van der Waals surface area contributed by atoms with Crippen molar-refractivity contribution >= 4 is 0 Å². The summed E-state index contributed by atoms with van der Waals surface area (Å²) >= 11 is 0. The Morgan fingerprint density at radius 1 is 1.19 bits per heavy atom. The van der Waals surface area contributed by atoms with Crippen LogP contribution < -0.4 is 5.32 Å². The van der Waals surface area contributed by atoms with Crippen LogP contribution in [-0.4, -0.2) is 28.0 Å². The lowest BCUT2D eigenvalue weighted by atomic mass is 9.97. The average molecular weight is 284 g/mol. The van der Waals surface area contributed by atoms with E-state index in [0.29, 0.717) is 5.92 Å². The van der Waals surface area contributed by atoms with Crippen molar-refractivity contribution in [2.24, 2.45) is 0 Å². The zero-order valence-corrected chi connectivity index (χ0v) is 13.3. The maximum atomic E-state index is 4.69. The van der Waals surface area contributed by atoms with Crippen molar-refractivity contribution in [3.8, 4) is 0 Å². The van der Waals surface area contributed by atoms with Gasteiger partial charge in [0.2, 0.25) is 0 Å². The molecule has 0 amide bonds. The number of nitrogens with zero attached hydrogens (tertiary/aromatic N) is 3. The molecule has 1 atom stereocenters. The fourth-order valence-electron chi connectivity index (χ4n) is 2.73. The normalized spacial score (nSPS) is 12.4. The van der Waals surface area contributed by atoms with Crippen LogP contribution in [-0.2, 0) is 6.42 Å². The van der Waals surface area contributed by atoms with Gasteiger partial charge in [0.25, 0.3) is 0 Å². The van der Waals surface area contributed by atoms with Crippen molar-refractivity contribution in [3.63, 3.8) is 0 Å². The van der Waals surface area contributed by atoms with Crippen LogP contribution in [0.5, 0.6) is 0 Å². The standard InChI is InChI=1S/C17H24N4/c1-5-18-10-12(2)17-13(3)20-16(21-14(17)4)9-15-7-6-8-19-11-15/h6-8,11-12,18H,5,9-10H2,1-4H3. The molecule has 4 nitrogen and oxygen atoms in total. The van der Waals surface area contributed by atoms with Crippen LogP contribution in [0.15, 0.2) is 24.5 Å². The minimum absolute atomic E-state index is 0.428. The van der Waals surface area contributed by atoms with Gasteiger partial charge in [-0.25, -0.2) is 9.97 Å². The van der Waals surface area contributed by atoms with E-state index in [2.05, 4.69) is 44.1 Å². The lowest BCUT2D eigenvalue weighted by Crippen LogP contribution is -2.21. The summed E-state index contributed by atoms with van der Waals surface area (Å²) in [5.74, 6) is 1.30. The highest BCUT2D eigenvalue weighted by Gasteiger charge is 2.15. The van der Waals surface area contributed by atoms with Crippen molar-refractivity contribution in [2.45, 2.75) is 40.0 Å². The van der Waals surface area contributed by atoms with Crippen LogP contribution in [0.25, 0.3) is 0 Å². The minimum Gasteiger partial charge on any atom is -0.316 e. The van der Waals surface area contributed by atoms with Gasteiger partial charge in [-0.3, -0.25) is 4.98 Å². The second kappa shape index (κ2) is 7.27. The maximum absolute atomic E-state index is 4.69. The molecule has 112 valence electrons. The first-order chi connectivity index (χ1) is 10.1. The van der Waals surface area contributed by atoms with Crippen LogP contribution in [0.2, 0.25) is 0 Å². The zero-order valence-electron chi connectivity index (χ0n) is 13.3. The molecule has 0 spiro atoms. The van der Waals surface area contributed by atoms with Crippen molar-refractivity contribution in [3.05, 3.63) is 52.9 Å². The average Bonchev–Trinajstić information content (AvgIpc) is 2.45. The molecule has 2 aromatic rings. The Bertz CT molecular complexity index is 558. The molecule has 0 fully saturated rings. The van der Waals surface area contributed by atoms with E-state index >= 15 is 0 Å². The van der Waals surface area contributed by atoms with E-state index in [1.807, 2.05) is 12.3 Å². The van der Waals surface area contributed by atoms with E-state index in [1.54, 1.807) is 6.20 Å². The van der Waals surface area contributed by atoms with Crippen molar-refractivity contribution in [1.29, 1.82) is 0 Å². The van der Waals surface area contributed by atoms with Gasteiger partial charge >= 0.3 is 0 Å². The largest absolute Gasteiger partial charge is 0.316 e. The Morgan fingerprint density at radius 2 is 1.90 bits per heavy atom. The van der Waals surface area contributed by atoms with Crippen molar-refractivity contribution in [2.75, 3.05) is 13.1 Å². The van der Waals surface area contributed by atoms with Crippen LogP contribution in [0, 0.1) is 13.8 Å². The highest BCUT2D eigenvalue weighted by molar-refractivity contribution is 5.29. The molecule has 2 heterocycles. The summed E-state index contributed by atoms with van der Waals surface area (Å²) in [5, 5.41) is 3.39. The number of likely N-dealkylation sites (N-methyl/N-ethyl adjacent to an activating group) is 1. The van der Waals surface area contributed by atoms with Crippen LogP contribution >= 0.6 is 0 Å². The van der Waals surface area contributed by atoms with E-state index in [1.165, 1.54) is 5.56 Å². The van der Waals surface area contributed by atoms with Gasteiger partial charge in [-0.2, -0.15) is 0 Å². The number of hydrogen-bond acceptors (Lipinski definition) is 4. The predicted octanol–water partition coefficient (Wildman–Crippen LogP) is 2.79. The first-order valence-electron chi connectivity index (χ1n) is 7.55. The molecule has 0 aliphatic heterocycles. The second-order valence-electron chi connectivity index (χ2n) is 5.47. The minimum atomic E-state index is 0.428. The number of hydrogen-bond donors (Lipinski definition) is 1. The Labute approximate surface area is 127 Å². The molecular weight excluding hydrogens is 260 g/mol. The molecule has 2 rings (SSSR count). The Balaban J connectivity index is 2.20. The molecule has 1 unspecified atom stereocenters. The fraction of sp³-hybridized carbons (Fsp3) is 0.471. The summed E-state index contributed by atoms with van der Waals surface area (Å²) in [7, 11) is 0. The molecule has 0 saturated carbocycles. The van der Waals surface area contributed by atoms with Gasteiger partial charge in [-0.1, -0.05) is 19.9 Å². The summed E-state index contributed by atoms with van der Waals surface area (Å²) in [6.45, 7) is 10.5. The molecule has 0 aliphatic rings. The van der Waals surface area contributed by atoms with Crippen LogP contribution in [0.3, 0.4) is 0 Å². The summed E-state index contributed by atoms with van der Waals surface area (Å²) in [6, 6.07) is 4.00. The summed E-state index contributed by atoms with van der Waals surface area (Å²) < 4.78 is 0. The topological polar surface area (TPSA) is 50.7 Å². The molecule has 4 heteroatoms. The summed E-state index contributed by atoms with van der Waals surface area (Å²) in [5.41, 5.74) is 4.59. The third kappa shape index (κ3) is 4.08. The molecule has 0 bridgehead atoms. The van der Waals surface area contributed by atoms with Crippen molar-refractivity contribution in [1.82, 2.24) is 20.3 Å². The van der Waals surface area contributed by atoms with Gasteiger partial charge in [0.1, 0.15) is 5.82 Å². The number of nitrogens with one attached hydrogen (secondary N) is 1. The molecular formula is C17H24N4. The third-order valence-electron chi connectivity index (χ3n) is 3.65. The Kier molecular flexibility index (Phi) is 5.39. The molecule has 0 aliphatic carbocycles. The molecule has 21 heavy (non-hydrogen) atoms. The summed E-state index contributed by atoms with van der Waals surface area (Å²) in [4.78, 5) is 13.5. The first-order valence-corrected chi connectivity index (χ1v) is 7.55. The predicted molar refractivity (Wildman–Crippen MR) is 85.5 cm³/mol. The second-order valence-corrected chi connectivity index (χ2v) is 5.47. The molecule has 1 N–H and O–H groups in total. The van der Waals surface area contributed by atoms with E-state index < -0.39 is 0 Å². The smallest absolute Gasteiger partial charge is 0.133 e. The number of rotatable bonds is 6. The molecule has 0 saturated heterocycles. The van der Waals surface area contributed by atoms with E-state index in [-0.39, 0.29) is 0 Å². The van der Waals surface area contributed by atoms with Gasteiger partial charge in [0, 0.05) is 36.7 Å². The van der Waals surface area contributed by atoms with Gasteiger partial charge in [-0.15, -0.1) is 0 Å². The van der Waals surface area contributed by atoms with Gasteiger partial charge in [-0.05, 0) is 43.5 Å². The molecule has 2 aromatic heterocycles. The number of pyridine rings is 1. The molecule has 0 aromatic carbocycles. The Hall–Kier alpha value is -1.81. The lowest BCUT2D eigenvalue weighted by Gasteiger charge is -2.17. The third-order valence-corrected chi connectivity index (χ3v) is 3.65. The fourth-order valence-corrected chi connectivity index (χ4v) is 2.73. The van der Waals surface area contributed by atoms with E-state index in [4.69, 9.17) is 9.97 Å². The van der Waals surface area contributed by atoms with Crippen LogP contribution in [0.1, 0.15) is 48.1 Å².